The highest BCUT2D eigenvalue weighted by Crippen LogP contribution is 2.00. The van der Waals surface area contributed by atoms with E-state index in [1.807, 2.05) is 13.8 Å². The van der Waals surface area contributed by atoms with Gasteiger partial charge in [-0.1, -0.05) is 13.8 Å². The Kier molecular flexibility index (Phi) is 3.42. The molecule has 0 bridgehead atoms. The van der Waals surface area contributed by atoms with Crippen LogP contribution in [0.1, 0.15) is 20.3 Å². The molecule has 0 atom stereocenters. The average Bonchev–Trinajstić information content (AvgIpc) is 1.63. The second-order valence-electron chi connectivity index (χ2n) is 2.44. The minimum Gasteiger partial charge on any atom is -0.362 e. The van der Waals surface area contributed by atoms with E-state index in [2.05, 4.69) is 0 Å². The van der Waals surface area contributed by atoms with Crippen LogP contribution in [0.2, 0.25) is 0 Å². The summed E-state index contributed by atoms with van der Waals surface area (Å²) in [5.41, 5.74) is 0. The summed E-state index contributed by atoms with van der Waals surface area (Å²) >= 11 is 0. The number of hydrogen-bond donors (Lipinski definition) is 2. The Morgan fingerprint density at radius 3 is 2.00 bits per heavy atom. The monoisotopic (exact) mass is 132 g/mol. The van der Waals surface area contributed by atoms with Crippen molar-refractivity contribution in [1.29, 1.82) is 0 Å². The fraction of sp³-hybridized carbons (Fsp3) is 0.833. The first-order chi connectivity index (χ1) is 4.04. The van der Waals surface area contributed by atoms with Gasteiger partial charge in [-0.05, 0) is 5.92 Å². The van der Waals surface area contributed by atoms with Gasteiger partial charge in [0.15, 0.2) is 5.78 Å². The molecule has 0 heterocycles. The third-order valence-electron chi connectivity index (χ3n) is 0.897. The molecule has 0 rings (SSSR count). The molecule has 3 heteroatoms. The Morgan fingerprint density at radius 2 is 1.89 bits per heavy atom. The predicted octanol–water partition coefficient (Wildman–Crippen LogP) is -0.0877. The van der Waals surface area contributed by atoms with Crippen molar-refractivity contribution in [1.82, 2.24) is 0 Å². The molecule has 0 aliphatic rings. The molecular weight excluding hydrogens is 120 g/mol. The van der Waals surface area contributed by atoms with Gasteiger partial charge < -0.3 is 10.2 Å². The van der Waals surface area contributed by atoms with Crippen molar-refractivity contribution in [2.75, 3.05) is 0 Å². The molecule has 2 N–H and O–H groups in total. The van der Waals surface area contributed by atoms with Crippen LogP contribution in [0.25, 0.3) is 0 Å². The van der Waals surface area contributed by atoms with E-state index in [1.54, 1.807) is 0 Å². The summed E-state index contributed by atoms with van der Waals surface area (Å²) < 4.78 is 0. The zero-order valence-corrected chi connectivity index (χ0v) is 5.66. The van der Waals surface area contributed by atoms with Crippen molar-refractivity contribution in [3.05, 3.63) is 0 Å². The van der Waals surface area contributed by atoms with Crippen LogP contribution in [0.3, 0.4) is 0 Å². The first kappa shape index (κ1) is 8.59. The molecule has 0 saturated carbocycles. The van der Waals surface area contributed by atoms with E-state index in [1.165, 1.54) is 0 Å². The van der Waals surface area contributed by atoms with Gasteiger partial charge in [0.05, 0.1) is 0 Å². The molecule has 0 aromatic rings. The third-order valence-corrected chi connectivity index (χ3v) is 0.897. The number of carbonyl (C=O) groups is 1. The van der Waals surface area contributed by atoms with E-state index < -0.39 is 12.1 Å². The van der Waals surface area contributed by atoms with Crippen LogP contribution >= 0.6 is 0 Å². The summed E-state index contributed by atoms with van der Waals surface area (Å²) in [6, 6.07) is 0. The van der Waals surface area contributed by atoms with Crippen LogP contribution in [-0.4, -0.2) is 22.3 Å². The molecule has 0 aliphatic heterocycles. The van der Waals surface area contributed by atoms with Crippen LogP contribution in [0.5, 0.6) is 0 Å². The second kappa shape index (κ2) is 3.58. The van der Waals surface area contributed by atoms with Crippen LogP contribution < -0.4 is 0 Å². The summed E-state index contributed by atoms with van der Waals surface area (Å²) in [6.07, 6.45) is -1.55. The molecule has 9 heavy (non-hydrogen) atoms. The van der Waals surface area contributed by atoms with Crippen molar-refractivity contribution in [2.45, 2.75) is 26.6 Å². The smallest absolute Gasteiger partial charge is 0.212 e. The van der Waals surface area contributed by atoms with Gasteiger partial charge in [-0.15, -0.1) is 0 Å². The summed E-state index contributed by atoms with van der Waals surface area (Å²) in [4.78, 5) is 10.5. The van der Waals surface area contributed by atoms with Gasteiger partial charge >= 0.3 is 0 Å². The third kappa shape index (κ3) is 4.12. The van der Waals surface area contributed by atoms with Crippen LogP contribution in [0.15, 0.2) is 0 Å². The Labute approximate surface area is 54.3 Å². The van der Waals surface area contributed by atoms with Gasteiger partial charge in [0.2, 0.25) is 6.29 Å². The largest absolute Gasteiger partial charge is 0.362 e. The zero-order valence-electron chi connectivity index (χ0n) is 5.66. The summed E-state index contributed by atoms with van der Waals surface area (Å²) in [5.74, 6) is -0.315. The molecule has 0 unspecified atom stereocenters. The number of aliphatic hydroxyl groups is 2. The lowest BCUT2D eigenvalue weighted by Crippen LogP contribution is -2.20. The zero-order chi connectivity index (χ0) is 7.44. The minimum atomic E-state index is -1.78. The van der Waals surface area contributed by atoms with Crippen molar-refractivity contribution in [3.63, 3.8) is 0 Å². The molecule has 0 aromatic carbocycles. The Bertz CT molecular complexity index is 96.5. The first-order valence-corrected chi connectivity index (χ1v) is 2.93. The highest BCUT2D eigenvalue weighted by Gasteiger charge is 2.11. The van der Waals surface area contributed by atoms with Gasteiger partial charge in [0.25, 0.3) is 0 Å². The van der Waals surface area contributed by atoms with Crippen molar-refractivity contribution in [3.8, 4) is 0 Å². The van der Waals surface area contributed by atoms with E-state index in [0.29, 0.717) is 0 Å². The Morgan fingerprint density at radius 1 is 1.44 bits per heavy atom. The Hall–Kier alpha value is -0.410. The fourth-order valence-corrected chi connectivity index (χ4v) is 0.508. The van der Waals surface area contributed by atoms with Gasteiger partial charge in [0, 0.05) is 6.42 Å². The summed E-state index contributed by atoms with van der Waals surface area (Å²) in [5, 5.41) is 16.6. The number of aliphatic hydroxyl groups excluding tert-OH is 1. The number of carbonyl (C=O) groups excluding carboxylic acids is 1. The fourth-order valence-electron chi connectivity index (χ4n) is 0.508. The van der Waals surface area contributed by atoms with E-state index in [9.17, 15) is 4.79 Å². The molecule has 0 amide bonds. The second-order valence-corrected chi connectivity index (χ2v) is 2.44. The van der Waals surface area contributed by atoms with Gasteiger partial charge in [-0.25, -0.2) is 0 Å². The molecular formula is C6H12O3. The number of rotatable bonds is 3. The molecule has 54 valence electrons. The predicted molar refractivity (Wildman–Crippen MR) is 32.7 cm³/mol. The van der Waals surface area contributed by atoms with E-state index in [4.69, 9.17) is 10.2 Å². The van der Waals surface area contributed by atoms with Gasteiger partial charge in [-0.2, -0.15) is 0 Å². The molecule has 0 aliphatic carbocycles. The normalized spacial score (nSPS) is 10.9. The molecule has 3 nitrogen and oxygen atoms in total. The SMILES string of the molecule is CC(C)CC(=O)C(O)O. The maximum atomic E-state index is 10.5. The van der Waals surface area contributed by atoms with E-state index in [0.717, 1.165) is 0 Å². The van der Waals surface area contributed by atoms with E-state index in [-0.39, 0.29) is 12.3 Å². The van der Waals surface area contributed by atoms with E-state index >= 15 is 0 Å². The molecule has 0 aromatic heterocycles. The lowest BCUT2D eigenvalue weighted by Gasteiger charge is -2.03. The van der Waals surface area contributed by atoms with Gasteiger partial charge in [-0.3, -0.25) is 4.79 Å². The maximum Gasteiger partial charge on any atom is 0.212 e. The number of Topliss-reactive ketones (excluding diaryl/α,β-unsaturated/α-hetero) is 1. The van der Waals surface area contributed by atoms with Crippen molar-refractivity contribution < 1.29 is 15.0 Å². The van der Waals surface area contributed by atoms with Crippen LogP contribution in [-0.2, 0) is 4.79 Å². The lowest BCUT2D eigenvalue weighted by atomic mass is 10.1. The first-order valence-electron chi connectivity index (χ1n) is 2.93. The molecule has 0 spiro atoms. The molecule has 0 radical (unpaired) electrons. The van der Waals surface area contributed by atoms with Crippen LogP contribution in [0.4, 0.5) is 0 Å². The topological polar surface area (TPSA) is 57.5 Å². The van der Waals surface area contributed by atoms with Crippen LogP contribution in [0, 0.1) is 5.92 Å². The summed E-state index contributed by atoms with van der Waals surface area (Å²) in [7, 11) is 0. The van der Waals surface area contributed by atoms with Gasteiger partial charge in [0.1, 0.15) is 0 Å². The molecule has 0 saturated heterocycles. The lowest BCUT2D eigenvalue weighted by molar-refractivity contribution is -0.145. The summed E-state index contributed by atoms with van der Waals surface area (Å²) in [6.45, 7) is 3.70. The highest BCUT2D eigenvalue weighted by molar-refractivity contribution is 5.81. The standard InChI is InChI=1S/C6H12O3/c1-4(2)3-5(7)6(8)9/h4,6,8-9H,3H2,1-2H3. The Balaban J connectivity index is 3.51. The number of hydrogen-bond acceptors (Lipinski definition) is 3. The van der Waals surface area contributed by atoms with Crippen molar-refractivity contribution >= 4 is 5.78 Å². The highest BCUT2D eigenvalue weighted by atomic mass is 16.5. The molecule has 0 fully saturated rings. The minimum absolute atomic E-state index is 0.194. The van der Waals surface area contributed by atoms with Crippen molar-refractivity contribution in [2.24, 2.45) is 5.92 Å². The quantitative estimate of drug-likeness (QED) is 0.528. The maximum absolute atomic E-state index is 10.5. The number of ketones is 1. The average molecular weight is 132 g/mol.